The van der Waals surface area contributed by atoms with Gasteiger partial charge in [-0.3, -0.25) is 4.79 Å². The largest absolute Gasteiger partial charge is 0.299 e. The summed E-state index contributed by atoms with van der Waals surface area (Å²) in [6.45, 7) is 4.29. The Morgan fingerprint density at radius 3 is 2.76 bits per heavy atom. The lowest BCUT2D eigenvalue weighted by Crippen LogP contribution is -2.07. The van der Waals surface area contributed by atoms with Crippen LogP contribution in [0, 0.1) is 5.92 Å². The number of ketones is 1. The van der Waals surface area contributed by atoms with Crippen LogP contribution >= 0.6 is 23.4 Å². The summed E-state index contributed by atoms with van der Waals surface area (Å²) >= 11 is 7.56. The van der Waals surface area contributed by atoms with Crippen molar-refractivity contribution in [3.63, 3.8) is 0 Å². The van der Waals surface area contributed by atoms with Crippen molar-refractivity contribution in [1.82, 2.24) is 0 Å². The number of Topliss-reactive ketones (excluding diaryl/α,β-unsaturated/α-hetero) is 1. The van der Waals surface area contributed by atoms with Crippen molar-refractivity contribution in [1.29, 1.82) is 0 Å². The lowest BCUT2D eigenvalue weighted by atomic mass is 10.0. The molecule has 0 aliphatic rings. The van der Waals surface area contributed by atoms with Crippen LogP contribution in [-0.2, 0) is 4.79 Å². The monoisotopic (exact) mass is 270 g/mol. The molecule has 1 aromatic carbocycles. The van der Waals surface area contributed by atoms with Crippen LogP contribution in [0.25, 0.3) is 0 Å². The maximum Gasteiger partial charge on any atom is 0.143 e. The van der Waals surface area contributed by atoms with Gasteiger partial charge in [0.2, 0.25) is 0 Å². The van der Waals surface area contributed by atoms with Gasteiger partial charge in [0.15, 0.2) is 0 Å². The highest BCUT2D eigenvalue weighted by atomic mass is 35.5. The van der Waals surface area contributed by atoms with Crippen LogP contribution in [0.2, 0.25) is 5.02 Å². The standard InChI is InChI=1S/C14H19ClOS/c1-3-6-11(2)9-12(16)10-17-14-8-5-4-7-13(14)15/h4-5,7-8,11H,3,6,9-10H2,1-2H3. The second kappa shape index (κ2) is 7.78. The molecule has 0 fully saturated rings. The van der Waals surface area contributed by atoms with Gasteiger partial charge in [-0.1, -0.05) is 50.4 Å². The van der Waals surface area contributed by atoms with E-state index in [2.05, 4.69) is 13.8 Å². The molecule has 0 aromatic heterocycles. The van der Waals surface area contributed by atoms with Crippen LogP contribution in [0.15, 0.2) is 29.2 Å². The van der Waals surface area contributed by atoms with Gasteiger partial charge < -0.3 is 0 Å². The van der Waals surface area contributed by atoms with E-state index in [0.29, 0.717) is 23.9 Å². The highest BCUT2D eigenvalue weighted by Crippen LogP contribution is 2.27. The van der Waals surface area contributed by atoms with E-state index in [9.17, 15) is 4.79 Å². The maximum atomic E-state index is 11.7. The third-order valence-electron chi connectivity index (χ3n) is 2.58. The number of carbonyl (C=O) groups excluding carboxylic acids is 1. The summed E-state index contributed by atoms with van der Waals surface area (Å²) in [7, 11) is 0. The van der Waals surface area contributed by atoms with Crippen molar-refractivity contribution in [3.05, 3.63) is 29.3 Å². The number of carbonyl (C=O) groups is 1. The SMILES string of the molecule is CCCC(C)CC(=O)CSc1ccccc1Cl. The average Bonchev–Trinajstić information content (AvgIpc) is 2.28. The van der Waals surface area contributed by atoms with Crippen molar-refractivity contribution in [2.45, 2.75) is 38.0 Å². The number of thioether (sulfide) groups is 1. The van der Waals surface area contributed by atoms with E-state index in [1.165, 1.54) is 11.8 Å². The van der Waals surface area contributed by atoms with Crippen LogP contribution in [-0.4, -0.2) is 11.5 Å². The molecule has 3 heteroatoms. The molecule has 0 spiro atoms. The summed E-state index contributed by atoms with van der Waals surface area (Å²) in [5, 5.41) is 0.729. The Bertz CT molecular complexity index is 365. The van der Waals surface area contributed by atoms with E-state index in [4.69, 9.17) is 11.6 Å². The Morgan fingerprint density at radius 1 is 1.41 bits per heavy atom. The fraction of sp³-hybridized carbons (Fsp3) is 0.500. The van der Waals surface area contributed by atoms with E-state index < -0.39 is 0 Å². The predicted octanol–water partition coefficient (Wildman–Crippen LogP) is 4.83. The van der Waals surface area contributed by atoms with E-state index >= 15 is 0 Å². The molecular formula is C14H19ClOS. The summed E-state index contributed by atoms with van der Waals surface area (Å²) in [6.07, 6.45) is 2.96. The Morgan fingerprint density at radius 2 is 2.12 bits per heavy atom. The van der Waals surface area contributed by atoms with Gasteiger partial charge in [0, 0.05) is 11.3 Å². The third kappa shape index (κ3) is 5.60. The first-order valence-electron chi connectivity index (χ1n) is 6.02. The molecule has 1 atom stereocenters. The van der Waals surface area contributed by atoms with Crippen LogP contribution in [0.1, 0.15) is 33.1 Å². The predicted molar refractivity (Wildman–Crippen MR) is 75.9 cm³/mol. The lowest BCUT2D eigenvalue weighted by Gasteiger charge is -2.08. The molecule has 1 nitrogen and oxygen atoms in total. The fourth-order valence-corrected chi connectivity index (χ4v) is 2.88. The average molecular weight is 271 g/mol. The molecular weight excluding hydrogens is 252 g/mol. The van der Waals surface area contributed by atoms with Gasteiger partial charge in [0.1, 0.15) is 5.78 Å². The summed E-state index contributed by atoms with van der Waals surface area (Å²) in [5.74, 6) is 1.34. The summed E-state index contributed by atoms with van der Waals surface area (Å²) in [6, 6.07) is 7.65. The van der Waals surface area contributed by atoms with Crippen LogP contribution in [0.4, 0.5) is 0 Å². The third-order valence-corrected chi connectivity index (χ3v) is 4.16. The van der Waals surface area contributed by atoms with Gasteiger partial charge in [-0.15, -0.1) is 11.8 Å². The van der Waals surface area contributed by atoms with Gasteiger partial charge in [-0.05, 0) is 18.1 Å². The zero-order valence-electron chi connectivity index (χ0n) is 10.4. The molecule has 0 saturated heterocycles. The van der Waals surface area contributed by atoms with Crippen molar-refractivity contribution in [2.75, 3.05) is 5.75 Å². The summed E-state index contributed by atoms with van der Waals surface area (Å²) < 4.78 is 0. The van der Waals surface area contributed by atoms with E-state index in [-0.39, 0.29) is 0 Å². The number of hydrogen-bond donors (Lipinski definition) is 0. The molecule has 0 heterocycles. The minimum absolute atomic E-state index is 0.316. The quantitative estimate of drug-likeness (QED) is 0.660. The first kappa shape index (κ1) is 14.6. The number of benzene rings is 1. The smallest absolute Gasteiger partial charge is 0.143 e. The molecule has 0 aliphatic heterocycles. The molecule has 1 aromatic rings. The van der Waals surface area contributed by atoms with Gasteiger partial charge in [0.05, 0.1) is 10.8 Å². The Balaban J connectivity index is 2.36. The molecule has 0 aliphatic carbocycles. The van der Waals surface area contributed by atoms with Crippen molar-refractivity contribution in [2.24, 2.45) is 5.92 Å². The molecule has 17 heavy (non-hydrogen) atoms. The zero-order valence-corrected chi connectivity index (χ0v) is 12.0. The number of rotatable bonds is 7. The summed E-state index contributed by atoms with van der Waals surface area (Å²) in [4.78, 5) is 12.7. The molecule has 1 rings (SSSR count). The number of hydrogen-bond acceptors (Lipinski definition) is 2. The highest BCUT2D eigenvalue weighted by molar-refractivity contribution is 8.00. The van der Waals surface area contributed by atoms with Gasteiger partial charge >= 0.3 is 0 Å². The fourth-order valence-electron chi connectivity index (χ4n) is 1.76. The molecule has 0 saturated carbocycles. The van der Waals surface area contributed by atoms with Crippen LogP contribution in [0.3, 0.4) is 0 Å². The molecule has 0 amide bonds. The maximum absolute atomic E-state index is 11.7. The minimum atomic E-state index is 0.316. The van der Waals surface area contributed by atoms with Crippen LogP contribution < -0.4 is 0 Å². The topological polar surface area (TPSA) is 17.1 Å². The Kier molecular flexibility index (Phi) is 6.68. The van der Waals surface area contributed by atoms with Gasteiger partial charge in [0.25, 0.3) is 0 Å². The molecule has 94 valence electrons. The van der Waals surface area contributed by atoms with Crippen molar-refractivity contribution < 1.29 is 4.79 Å². The number of halogens is 1. The van der Waals surface area contributed by atoms with Crippen LogP contribution in [0.5, 0.6) is 0 Å². The van der Waals surface area contributed by atoms with Crippen molar-refractivity contribution in [3.8, 4) is 0 Å². The first-order chi connectivity index (χ1) is 8.13. The highest BCUT2D eigenvalue weighted by Gasteiger charge is 2.09. The Labute approximate surface area is 113 Å². The molecule has 0 N–H and O–H groups in total. The molecule has 0 bridgehead atoms. The normalized spacial score (nSPS) is 12.4. The Hall–Kier alpha value is -0.470. The lowest BCUT2D eigenvalue weighted by molar-refractivity contribution is -0.117. The minimum Gasteiger partial charge on any atom is -0.299 e. The second-order valence-corrected chi connectivity index (χ2v) is 5.78. The van der Waals surface area contributed by atoms with E-state index in [1.54, 1.807) is 0 Å². The van der Waals surface area contributed by atoms with E-state index in [1.807, 2.05) is 24.3 Å². The summed E-state index contributed by atoms with van der Waals surface area (Å²) in [5.41, 5.74) is 0. The zero-order chi connectivity index (χ0) is 12.7. The van der Waals surface area contributed by atoms with E-state index in [0.717, 1.165) is 22.8 Å². The second-order valence-electron chi connectivity index (χ2n) is 4.36. The van der Waals surface area contributed by atoms with Crippen molar-refractivity contribution >= 4 is 29.1 Å². The van der Waals surface area contributed by atoms with Gasteiger partial charge in [-0.2, -0.15) is 0 Å². The molecule has 0 radical (unpaired) electrons. The molecule has 1 unspecified atom stereocenters. The first-order valence-corrected chi connectivity index (χ1v) is 7.38. The van der Waals surface area contributed by atoms with Gasteiger partial charge in [-0.25, -0.2) is 0 Å².